The summed E-state index contributed by atoms with van der Waals surface area (Å²) in [5, 5.41) is 8.44. The number of nitrogens with zero attached hydrogens (tertiary/aromatic N) is 2. The highest BCUT2D eigenvalue weighted by atomic mass is 35.5. The molecule has 0 aliphatic rings. The van der Waals surface area contributed by atoms with Crippen LogP contribution in [0.25, 0.3) is 0 Å². The summed E-state index contributed by atoms with van der Waals surface area (Å²) in [4.78, 5) is 3.60. The first-order chi connectivity index (χ1) is 7.97. The highest BCUT2D eigenvalue weighted by Gasteiger charge is 2.15. The molecule has 1 aromatic heterocycles. The van der Waals surface area contributed by atoms with E-state index >= 15 is 0 Å². The summed E-state index contributed by atoms with van der Waals surface area (Å²) in [7, 11) is -3.64. The number of pyridine rings is 1. The molecule has 5 nitrogen and oxygen atoms in total. The molecule has 0 bridgehead atoms. The molecule has 0 aromatic carbocycles. The van der Waals surface area contributed by atoms with Gasteiger partial charge < -0.3 is 0 Å². The molecule has 1 N–H and O–H groups in total. The predicted octanol–water partition coefficient (Wildman–Crippen LogP) is 1.97. The maximum absolute atomic E-state index is 11.7. The summed E-state index contributed by atoms with van der Waals surface area (Å²) >= 11 is 11.3. The molecule has 0 aliphatic heterocycles. The molecule has 17 heavy (non-hydrogen) atoms. The zero-order valence-corrected chi connectivity index (χ0v) is 11.0. The van der Waals surface area contributed by atoms with Crippen LogP contribution in [0, 0.1) is 11.3 Å². The van der Waals surface area contributed by atoms with E-state index in [0.29, 0.717) is 12.8 Å². The maximum Gasteiger partial charge on any atom is 0.242 e. The number of nitrogens with one attached hydrogen (secondary N) is 1. The van der Waals surface area contributed by atoms with Gasteiger partial charge in [0.25, 0.3) is 0 Å². The normalized spacial score (nSPS) is 11.1. The molecule has 8 heteroatoms. The second-order valence-corrected chi connectivity index (χ2v) is 5.64. The quantitative estimate of drug-likeness (QED) is 0.664. The van der Waals surface area contributed by atoms with Gasteiger partial charge in [0.15, 0.2) is 0 Å². The van der Waals surface area contributed by atoms with Gasteiger partial charge in [-0.05, 0) is 12.5 Å². The highest BCUT2D eigenvalue weighted by molar-refractivity contribution is 7.89. The summed E-state index contributed by atoms with van der Waals surface area (Å²) in [6, 6.07) is 3.15. The van der Waals surface area contributed by atoms with E-state index in [9.17, 15) is 8.42 Å². The monoisotopic (exact) mass is 293 g/mol. The fourth-order valence-electron chi connectivity index (χ4n) is 1.01. The van der Waals surface area contributed by atoms with Crippen molar-refractivity contribution in [3.63, 3.8) is 0 Å². The minimum atomic E-state index is -3.64. The number of hydrogen-bond acceptors (Lipinski definition) is 4. The van der Waals surface area contributed by atoms with Gasteiger partial charge in [-0.15, -0.1) is 0 Å². The first-order valence-corrected chi connectivity index (χ1v) is 6.89. The van der Waals surface area contributed by atoms with Crippen molar-refractivity contribution in [3.8, 4) is 6.07 Å². The lowest BCUT2D eigenvalue weighted by Crippen LogP contribution is -2.24. The molecule has 0 fully saturated rings. The van der Waals surface area contributed by atoms with Crippen molar-refractivity contribution < 1.29 is 8.42 Å². The smallest absolute Gasteiger partial charge is 0.242 e. The zero-order chi connectivity index (χ0) is 12.9. The lowest BCUT2D eigenvalue weighted by molar-refractivity contribution is 0.579. The Morgan fingerprint density at radius 1 is 1.47 bits per heavy atom. The van der Waals surface area contributed by atoms with Gasteiger partial charge in [0.05, 0.1) is 11.1 Å². The van der Waals surface area contributed by atoms with Crippen LogP contribution in [-0.2, 0) is 10.0 Å². The summed E-state index contributed by atoms with van der Waals surface area (Å²) in [5.41, 5.74) is 0. The van der Waals surface area contributed by atoms with E-state index < -0.39 is 10.0 Å². The van der Waals surface area contributed by atoms with E-state index in [4.69, 9.17) is 28.5 Å². The first-order valence-electron chi connectivity index (χ1n) is 4.65. The van der Waals surface area contributed by atoms with E-state index in [-0.39, 0.29) is 21.6 Å². The molecule has 0 saturated heterocycles. The Labute approximate surface area is 109 Å². The van der Waals surface area contributed by atoms with E-state index in [1.54, 1.807) is 0 Å². The molecule has 0 saturated carbocycles. The number of halogens is 2. The van der Waals surface area contributed by atoms with Crippen molar-refractivity contribution in [1.82, 2.24) is 9.71 Å². The third-order valence-corrected chi connectivity index (χ3v) is 3.95. The molecule has 0 unspecified atom stereocenters. The summed E-state index contributed by atoms with van der Waals surface area (Å²) in [5.74, 6) is 0. The van der Waals surface area contributed by atoms with E-state index in [0.717, 1.165) is 6.20 Å². The molecule has 0 spiro atoms. The van der Waals surface area contributed by atoms with E-state index in [2.05, 4.69) is 9.71 Å². The van der Waals surface area contributed by atoms with Crippen LogP contribution in [0.3, 0.4) is 0 Å². The van der Waals surface area contributed by atoms with E-state index in [1.807, 2.05) is 6.07 Å². The van der Waals surface area contributed by atoms with Crippen molar-refractivity contribution in [2.45, 2.75) is 17.7 Å². The van der Waals surface area contributed by atoms with Gasteiger partial charge in [0, 0.05) is 19.2 Å². The lowest BCUT2D eigenvalue weighted by atomic mass is 10.3. The number of sulfonamides is 1. The number of rotatable bonds is 5. The van der Waals surface area contributed by atoms with Gasteiger partial charge in [-0.25, -0.2) is 18.1 Å². The van der Waals surface area contributed by atoms with Crippen LogP contribution in [0.5, 0.6) is 0 Å². The third-order valence-electron chi connectivity index (χ3n) is 1.84. The van der Waals surface area contributed by atoms with Crippen LogP contribution in [0.1, 0.15) is 12.8 Å². The highest BCUT2D eigenvalue weighted by Crippen LogP contribution is 2.21. The van der Waals surface area contributed by atoms with Gasteiger partial charge in [0.1, 0.15) is 10.0 Å². The van der Waals surface area contributed by atoms with Crippen LogP contribution in [0.4, 0.5) is 0 Å². The number of unbranched alkanes of at least 4 members (excludes halogenated alkanes) is 1. The van der Waals surface area contributed by atoms with Gasteiger partial charge in [-0.3, -0.25) is 0 Å². The van der Waals surface area contributed by atoms with Gasteiger partial charge in [-0.1, -0.05) is 23.2 Å². The van der Waals surface area contributed by atoms with Crippen molar-refractivity contribution in [2.24, 2.45) is 0 Å². The topological polar surface area (TPSA) is 82.9 Å². The average molecular weight is 294 g/mol. The van der Waals surface area contributed by atoms with Gasteiger partial charge in [-0.2, -0.15) is 5.26 Å². The largest absolute Gasteiger partial charge is 0.242 e. The standard InChI is InChI=1S/C9H9Cl2N3O2S/c10-8-5-7(6-13-9(8)11)17(15,16)14-4-2-1-3-12/h5-6,14H,1-2,4H2. The van der Waals surface area contributed by atoms with Gasteiger partial charge >= 0.3 is 0 Å². The third kappa shape index (κ3) is 4.13. The fraction of sp³-hybridized carbons (Fsp3) is 0.333. The Morgan fingerprint density at radius 3 is 2.76 bits per heavy atom. The number of nitriles is 1. The predicted molar refractivity (Wildman–Crippen MR) is 64.3 cm³/mol. The molecule has 0 amide bonds. The van der Waals surface area contributed by atoms with Crippen molar-refractivity contribution >= 4 is 33.2 Å². The van der Waals surface area contributed by atoms with Gasteiger partial charge in [0.2, 0.25) is 10.0 Å². The first kappa shape index (κ1) is 14.2. The summed E-state index contributed by atoms with van der Waals surface area (Å²) in [6.07, 6.45) is 1.87. The molecular weight excluding hydrogens is 285 g/mol. The molecular formula is C9H9Cl2N3O2S. The molecule has 1 aromatic rings. The molecule has 1 rings (SSSR count). The SMILES string of the molecule is N#CCCCNS(=O)(=O)c1cnc(Cl)c(Cl)c1. The molecule has 92 valence electrons. The number of hydrogen-bond donors (Lipinski definition) is 1. The summed E-state index contributed by atoms with van der Waals surface area (Å²) in [6.45, 7) is 0.191. The Balaban J connectivity index is 2.76. The van der Waals surface area contributed by atoms with E-state index in [1.165, 1.54) is 6.07 Å². The zero-order valence-electron chi connectivity index (χ0n) is 8.65. The maximum atomic E-state index is 11.7. The molecule has 0 aliphatic carbocycles. The Kier molecular flexibility index (Phi) is 5.15. The second kappa shape index (κ2) is 6.17. The Bertz CT molecular complexity index is 540. The van der Waals surface area contributed by atoms with Crippen LogP contribution in [-0.4, -0.2) is 19.9 Å². The van der Waals surface area contributed by atoms with Crippen LogP contribution >= 0.6 is 23.2 Å². The minimum absolute atomic E-state index is 0.0510. The second-order valence-electron chi connectivity index (χ2n) is 3.10. The van der Waals surface area contributed by atoms with Crippen molar-refractivity contribution in [3.05, 3.63) is 22.4 Å². The Morgan fingerprint density at radius 2 is 2.18 bits per heavy atom. The van der Waals surface area contributed by atoms with Crippen molar-refractivity contribution in [1.29, 1.82) is 5.26 Å². The van der Waals surface area contributed by atoms with Crippen LogP contribution in [0.15, 0.2) is 17.2 Å². The average Bonchev–Trinajstić information content (AvgIpc) is 2.28. The fourth-order valence-corrected chi connectivity index (χ4v) is 2.39. The molecule has 0 radical (unpaired) electrons. The number of aromatic nitrogens is 1. The van der Waals surface area contributed by atoms with Crippen LogP contribution < -0.4 is 4.72 Å². The molecule has 0 atom stereocenters. The summed E-state index contributed by atoms with van der Waals surface area (Å²) < 4.78 is 25.8. The molecule has 1 heterocycles. The van der Waals surface area contributed by atoms with Crippen molar-refractivity contribution in [2.75, 3.05) is 6.54 Å². The Hall–Kier alpha value is -0.870. The minimum Gasteiger partial charge on any atom is -0.242 e. The van der Waals surface area contributed by atoms with Crippen LogP contribution in [0.2, 0.25) is 10.2 Å². The lowest BCUT2D eigenvalue weighted by Gasteiger charge is -2.05.